The summed E-state index contributed by atoms with van der Waals surface area (Å²) in [4.78, 5) is 14.2. The van der Waals surface area contributed by atoms with Gasteiger partial charge in [0.25, 0.3) is 0 Å². The van der Waals surface area contributed by atoms with Gasteiger partial charge in [-0.15, -0.1) is 0 Å². The number of nitrogens with one attached hydrogen (secondary N) is 1. The number of pyridine rings is 1. The second-order valence-electron chi connectivity index (χ2n) is 4.53. The molecule has 0 aliphatic carbocycles. The van der Waals surface area contributed by atoms with Gasteiger partial charge in [-0.3, -0.25) is 15.1 Å². The van der Waals surface area contributed by atoms with E-state index >= 15 is 0 Å². The minimum absolute atomic E-state index is 0.0412. The first-order chi connectivity index (χ1) is 11.2. The lowest BCUT2D eigenvalue weighted by Crippen LogP contribution is -2.04. The molecule has 0 aromatic carbocycles. The lowest BCUT2D eigenvalue weighted by atomic mass is 10.3. The van der Waals surface area contributed by atoms with Gasteiger partial charge in [0.15, 0.2) is 14.8 Å². The fourth-order valence-electron chi connectivity index (χ4n) is 1.66. The van der Waals surface area contributed by atoms with E-state index in [0.29, 0.717) is 5.69 Å². The maximum absolute atomic E-state index is 12.0. The van der Waals surface area contributed by atoms with E-state index in [-0.39, 0.29) is 27.2 Å². The molecule has 12 heteroatoms. The van der Waals surface area contributed by atoms with Crippen LogP contribution in [0.15, 0.2) is 28.6 Å². The van der Waals surface area contributed by atoms with E-state index in [4.69, 9.17) is 0 Å². The van der Waals surface area contributed by atoms with Crippen LogP contribution in [0.25, 0.3) is 0 Å². The van der Waals surface area contributed by atoms with Gasteiger partial charge in [-0.1, -0.05) is 11.3 Å². The first-order valence-corrected chi connectivity index (χ1v) is 8.99. The smallest absolute Gasteiger partial charge is 0.387 e. The van der Waals surface area contributed by atoms with Gasteiger partial charge in [-0.05, 0) is 12.1 Å². The highest BCUT2D eigenvalue weighted by molar-refractivity contribution is 7.92. The summed E-state index contributed by atoms with van der Waals surface area (Å²) in [5.41, 5.74) is 0.0401. The summed E-state index contributed by atoms with van der Waals surface area (Å²) in [5, 5.41) is 13.8. The Morgan fingerprint density at radius 3 is 2.67 bits per heavy atom. The van der Waals surface area contributed by atoms with Crippen LogP contribution in [0.5, 0.6) is 5.75 Å². The SMILES string of the molecule is CS(=O)(=O)c1cc([N+](=O)[O-])c(NCc2ccc(OC(F)F)cn2)s1. The van der Waals surface area contributed by atoms with E-state index in [0.717, 1.165) is 29.9 Å². The fourth-order valence-corrected chi connectivity index (χ4v) is 3.60. The van der Waals surface area contributed by atoms with Crippen LogP contribution in [0.1, 0.15) is 5.69 Å². The molecule has 0 unspecified atom stereocenters. The van der Waals surface area contributed by atoms with Gasteiger partial charge >= 0.3 is 12.3 Å². The van der Waals surface area contributed by atoms with Crippen molar-refractivity contribution in [1.29, 1.82) is 0 Å². The fraction of sp³-hybridized carbons (Fsp3) is 0.250. The highest BCUT2D eigenvalue weighted by atomic mass is 32.2. The van der Waals surface area contributed by atoms with E-state index in [9.17, 15) is 27.3 Å². The second kappa shape index (κ2) is 7.05. The molecule has 2 rings (SSSR count). The number of nitrogens with zero attached hydrogens (tertiary/aromatic N) is 2. The summed E-state index contributed by atoms with van der Waals surface area (Å²) in [6, 6.07) is 3.66. The predicted octanol–water partition coefficient (Wildman–Crippen LogP) is 2.67. The first-order valence-electron chi connectivity index (χ1n) is 6.28. The van der Waals surface area contributed by atoms with Crippen molar-refractivity contribution in [3.8, 4) is 5.75 Å². The van der Waals surface area contributed by atoms with Crippen molar-refractivity contribution in [1.82, 2.24) is 4.98 Å². The lowest BCUT2D eigenvalue weighted by molar-refractivity contribution is -0.383. The zero-order chi connectivity index (χ0) is 17.9. The summed E-state index contributed by atoms with van der Waals surface area (Å²) < 4.78 is 51.1. The molecule has 2 aromatic heterocycles. The Morgan fingerprint density at radius 2 is 2.17 bits per heavy atom. The molecule has 0 radical (unpaired) electrons. The first kappa shape index (κ1) is 18.0. The molecule has 0 saturated heterocycles. The molecule has 0 saturated carbocycles. The zero-order valence-corrected chi connectivity index (χ0v) is 13.7. The molecule has 0 amide bonds. The van der Waals surface area contributed by atoms with Crippen LogP contribution < -0.4 is 10.1 Å². The van der Waals surface area contributed by atoms with E-state index in [1.807, 2.05) is 0 Å². The number of sulfone groups is 1. The van der Waals surface area contributed by atoms with E-state index in [1.54, 1.807) is 0 Å². The predicted molar refractivity (Wildman–Crippen MR) is 82.3 cm³/mol. The molecule has 0 aliphatic heterocycles. The van der Waals surface area contributed by atoms with Crippen LogP contribution in [0.3, 0.4) is 0 Å². The van der Waals surface area contributed by atoms with Gasteiger partial charge in [-0.25, -0.2) is 8.42 Å². The molecule has 130 valence electrons. The number of ether oxygens (including phenoxy) is 1. The Morgan fingerprint density at radius 1 is 1.46 bits per heavy atom. The van der Waals surface area contributed by atoms with Crippen LogP contribution in [-0.2, 0) is 16.4 Å². The number of nitro groups is 1. The Kier molecular flexibility index (Phi) is 5.29. The monoisotopic (exact) mass is 379 g/mol. The number of hydrogen-bond acceptors (Lipinski definition) is 8. The third-order valence-corrected chi connectivity index (χ3v) is 5.59. The summed E-state index contributed by atoms with van der Waals surface area (Å²) in [6.45, 7) is -2.92. The molecule has 0 fully saturated rings. The Bertz CT molecular complexity index is 837. The normalized spacial score (nSPS) is 11.5. The van der Waals surface area contributed by atoms with Crippen molar-refractivity contribution in [2.24, 2.45) is 0 Å². The largest absolute Gasteiger partial charge is 0.433 e. The van der Waals surface area contributed by atoms with Crippen molar-refractivity contribution < 1.29 is 26.9 Å². The van der Waals surface area contributed by atoms with Crippen molar-refractivity contribution in [3.63, 3.8) is 0 Å². The third kappa shape index (κ3) is 4.58. The number of aromatic nitrogens is 1. The molecule has 0 spiro atoms. The molecule has 0 atom stereocenters. The maximum atomic E-state index is 12.0. The number of rotatable bonds is 7. The maximum Gasteiger partial charge on any atom is 0.387 e. The third-order valence-electron chi connectivity index (χ3n) is 2.70. The van der Waals surface area contributed by atoms with Crippen molar-refractivity contribution in [2.45, 2.75) is 17.4 Å². The van der Waals surface area contributed by atoms with Crippen LogP contribution in [0.4, 0.5) is 19.5 Å². The highest BCUT2D eigenvalue weighted by Gasteiger charge is 2.23. The summed E-state index contributed by atoms with van der Waals surface area (Å²) in [7, 11) is -3.57. The number of anilines is 1. The molecule has 8 nitrogen and oxygen atoms in total. The summed E-state index contributed by atoms with van der Waals surface area (Å²) in [5.74, 6) is -0.116. The Labute approximate surface area is 139 Å². The van der Waals surface area contributed by atoms with E-state index in [1.165, 1.54) is 12.1 Å². The minimum Gasteiger partial charge on any atom is -0.433 e. The number of halogens is 2. The topological polar surface area (TPSA) is 111 Å². The standard InChI is InChI=1S/C12H11F2N3O5S2/c1-24(20,21)10-4-9(17(18)19)11(23-10)16-5-7-2-3-8(6-15-7)22-12(13)14/h2-4,6,12,16H,5H2,1H3. The second-order valence-corrected chi connectivity index (χ2v) is 7.82. The van der Waals surface area contributed by atoms with Crippen molar-refractivity contribution in [3.05, 3.63) is 40.2 Å². The lowest BCUT2D eigenvalue weighted by Gasteiger charge is -2.06. The van der Waals surface area contributed by atoms with Gasteiger partial charge in [0.05, 0.1) is 23.4 Å². The number of thiophene rings is 1. The van der Waals surface area contributed by atoms with Gasteiger partial charge in [0.1, 0.15) is 9.96 Å². The molecular formula is C12H11F2N3O5S2. The van der Waals surface area contributed by atoms with Crippen molar-refractivity contribution >= 4 is 31.9 Å². The average molecular weight is 379 g/mol. The van der Waals surface area contributed by atoms with Gasteiger partial charge < -0.3 is 10.1 Å². The average Bonchev–Trinajstić information content (AvgIpc) is 2.90. The Hall–Kier alpha value is -2.34. The molecule has 24 heavy (non-hydrogen) atoms. The highest BCUT2D eigenvalue weighted by Crippen LogP contribution is 2.37. The zero-order valence-electron chi connectivity index (χ0n) is 12.1. The minimum atomic E-state index is -3.57. The van der Waals surface area contributed by atoms with Crippen LogP contribution in [-0.4, -0.2) is 31.2 Å². The quantitative estimate of drug-likeness (QED) is 0.581. The van der Waals surface area contributed by atoms with Crippen molar-refractivity contribution in [2.75, 3.05) is 11.6 Å². The van der Waals surface area contributed by atoms with Crippen LogP contribution in [0.2, 0.25) is 0 Å². The van der Waals surface area contributed by atoms with E-state index in [2.05, 4.69) is 15.0 Å². The molecule has 0 aliphatic rings. The molecular weight excluding hydrogens is 368 g/mol. The van der Waals surface area contributed by atoms with Gasteiger partial charge in [0, 0.05) is 12.3 Å². The van der Waals surface area contributed by atoms with Gasteiger partial charge in [-0.2, -0.15) is 8.78 Å². The number of hydrogen-bond donors (Lipinski definition) is 1. The number of alkyl halides is 2. The van der Waals surface area contributed by atoms with E-state index < -0.39 is 21.4 Å². The van der Waals surface area contributed by atoms with Crippen LogP contribution in [0, 0.1) is 10.1 Å². The van der Waals surface area contributed by atoms with Crippen LogP contribution >= 0.6 is 11.3 Å². The summed E-state index contributed by atoms with van der Waals surface area (Å²) in [6.07, 6.45) is 2.05. The Balaban J connectivity index is 2.14. The molecule has 0 bridgehead atoms. The molecule has 2 heterocycles. The summed E-state index contributed by atoms with van der Waals surface area (Å²) >= 11 is 0.733. The van der Waals surface area contributed by atoms with Gasteiger partial charge in [0.2, 0.25) is 0 Å². The molecule has 1 N–H and O–H groups in total. The molecule has 2 aromatic rings.